The van der Waals surface area contributed by atoms with E-state index in [9.17, 15) is 0 Å². The van der Waals surface area contributed by atoms with Gasteiger partial charge in [-0.25, -0.2) is 4.98 Å². The minimum Gasteiger partial charge on any atom is -0.489 e. The smallest absolute Gasteiger partial charge is 0.143 e. The van der Waals surface area contributed by atoms with Crippen molar-refractivity contribution in [1.29, 1.82) is 0 Å². The van der Waals surface area contributed by atoms with Crippen molar-refractivity contribution < 1.29 is 14.2 Å². The summed E-state index contributed by atoms with van der Waals surface area (Å²) in [4.78, 5) is 7.40. The molecule has 2 aliphatic rings. The molecule has 1 aromatic carbocycles. The van der Waals surface area contributed by atoms with Gasteiger partial charge in [0.1, 0.15) is 17.4 Å². The molecule has 5 rings (SSSR count). The number of methoxy groups -OCH3 is 2. The number of thiazole rings is 1. The van der Waals surface area contributed by atoms with Gasteiger partial charge in [0.05, 0.1) is 30.5 Å². The summed E-state index contributed by atoms with van der Waals surface area (Å²) in [6.45, 7) is 4.74. The number of ether oxygens (including phenoxy) is 3. The first-order valence-electron chi connectivity index (χ1n) is 12.2. The van der Waals surface area contributed by atoms with E-state index in [0.717, 1.165) is 42.7 Å². The topological polar surface area (TPSA) is 48.8 Å². The van der Waals surface area contributed by atoms with Crippen LogP contribution in [-0.4, -0.2) is 61.6 Å². The molecule has 0 amide bonds. The van der Waals surface area contributed by atoms with Crippen LogP contribution in [0, 0.1) is 5.92 Å². The Morgan fingerprint density at radius 1 is 1.12 bits per heavy atom. The fourth-order valence-electron chi connectivity index (χ4n) is 5.41. The van der Waals surface area contributed by atoms with Gasteiger partial charge in [0, 0.05) is 56.4 Å². The zero-order valence-electron chi connectivity index (χ0n) is 19.8. The van der Waals surface area contributed by atoms with Gasteiger partial charge < -0.3 is 18.8 Å². The first-order valence-corrected chi connectivity index (χ1v) is 13.1. The van der Waals surface area contributed by atoms with Gasteiger partial charge in [-0.05, 0) is 24.8 Å². The summed E-state index contributed by atoms with van der Waals surface area (Å²) in [5, 5.41) is 4.54. The zero-order valence-corrected chi connectivity index (χ0v) is 20.6. The normalized spacial score (nSPS) is 18.8. The van der Waals surface area contributed by atoms with E-state index in [4.69, 9.17) is 19.2 Å². The summed E-state index contributed by atoms with van der Waals surface area (Å²) < 4.78 is 19.4. The molecule has 0 bridgehead atoms. The van der Waals surface area contributed by atoms with E-state index in [1.807, 2.05) is 0 Å². The number of benzene rings is 1. The van der Waals surface area contributed by atoms with Gasteiger partial charge >= 0.3 is 0 Å². The van der Waals surface area contributed by atoms with Crippen LogP contribution < -0.4 is 4.74 Å². The fourth-order valence-corrected chi connectivity index (χ4v) is 6.24. The second-order valence-electron chi connectivity index (χ2n) is 9.28. The average Bonchev–Trinajstić information content (AvgIpc) is 3.48. The van der Waals surface area contributed by atoms with Crippen molar-refractivity contribution >= 4 is 22.2 Å². The molecule has 7 heteroatoms. The van der Waals surface area contributed by atoms with Crippen molar-refractivity contribution in [1.82, 2.24) is 14.5 Å². The van der Waals surface area contributed by atoms with Crippen LogP contribution in [0.25, 0.3) is 21.5 Å². The SMILES string of the molecule is COCCN(CCOC)Cc1csc(-c2cn3c4c(cccc24)OC[C@H]3C2CCCCC2)n1. The van der Waals surface area contributed by atoms with Crippen molar-refractivity contribution in [2.75, 3.05) is 47.1 Å². The maximum atomic E-state index is 6.28. The van der Waals surface area contributed by atoms with Gasteiger partial charge in [0.2, 0.25) is 0 Å². The maximum Gasteiger partial charge on any atom is 0.143 e. The van der Waals surface area contributed by atoms with Crippen LogP contribution in [0.5, 0.6) is 5.75 Å². The highest BCUT2D eigenvalue weighted by Gasteiger charge is 2.32. The highest BCUT2D eigenvalue weighted by atomic mass is 32.1. The first-order chi connectivity index (χ1) is 16.3. The molecular weight excluding hydrogens is 434 g/mol. The lowest BCUT2D eigenvalue weighted by Crippen LogP contribution is -2.30. The molecule has 0 saturated heterocycles. The number of para-hydroxylation sites is 1. The highest BCUT2D eigenvalue weighted by Crippen LogP contribution is 2.44. The third kappa shape index (κ3) is 4.83. The van der Waals surface area contributed by atoms with Crippen LogP contribution in [0.15, 0.2) is 29.8 Å². The molecule has 0 radical (unpaired) electrons. The maximum absolute atomic E-state index is 6.28. The Morgan fingerprint density at radius 3 is 2.67 bits per heavy atom. The lowest BCUT2D eigenvalue weighted by Gasteiger charge is -2.34. The molecule has 0 spiro atoms. The van der Waals surface area contributed by atoms with E-state index in [1.165, 1.54) is 48.6 Å². The van der Waals surface area contributed by atoms with Gasteiger partial charge in [0.25, 0.3) is 0 Å². The van der Waals surface area contributed by atoms with Crippen molar-refractivity contribution in [3.05, 3.63) is 35.5 Å². The number of nitrogens with zero attached hydrogens (tertiary/aromatic N) is 3. The molecule has 6 nitrogen and oxygen atoms in total. The summed E-state index contributed by atoms with van der Waals surface area (Å²) in [5.74, 6) is 1.71. The van der Waals surface area contributed by atoms with Crippen LogP contribution in [0.3, 0.4) is 0 Å². The van der Waals surface area contributed by atoms with Gasteiger partial charge in [0.15, 0.2) is 0 Å². The molecule has 1 fully saturated rings. The minimum absolute atomic E-state index is 0.425. The Kier molecular flexibility index (Phi) is 7.30. The van der Waals surface area contributed by atoms with Crippen molar-refractivity contribution in [3.8, 4) is 16.3 Å². The number of hydrogen-bond donors (Lipinski definition) is 0. The van der Waals surface area contributed by atoms with E-state index < -0.39 is 0 Å². The summed E-state index contributed by atoms with van der Waals surface area (Å²) in [5.41, 5.74) is 3.58. The summed E-state index contributed by atoms with van der Waals surface area (Å²) in [6.07, 6.45) is 9.04. The van der Waals surface area contributed by atoms with Crippen molar-refractivity contribution in [3.63, 3.8) is 0 Å². The molecule has 178 valence electrons. The predicted octanol–water partition coefficient (Wildman–Crippen LogP) is 5.37. The molecule has 0 unspecified atom stereocenters. The Bertz CT molecular complexity index is 1050. The van der Waals surface area contributed by atoms with Gasteiger partial charge in [-0.2, -0.15) is 0 Å². The van der Waals surface area contributed by atoms with Crippen LogP contribution in [0.1, 0.15) is 43.8 Å². The van der Waals surface area contributed by atoms with Crippen LogP contribution in [0.2, 0.25) is 0 Å². The van der Waals surface area contributed by atoms with Crippen molar-refractivity contribution in [2.45, 2.75) is 44.7 Å². The summed E-state index contributed by atoms with van der Waals surface area (Å²) in [6, 6.07) is 6.87. The number of aromatic nitrogens is 2. The van der Waals surface area contributed by atoms with Gasteiger partial charge in [-0.15, -0.1) is 11.3 Å². The third-order valence-electron chi connectivity index (χ3n) is 7.17. The molecule has 1 saturated carbocycles. The van der Waals surface area contributed by atoms with E-state index >= 15 is 0 Å². The molecule has 3 heterocycles. The standard InChI is InChI=1S/C26H35N3O3S/c1-30-13-11-28(12-14-31-2)15-20-18-33-26(27-20)22-16-29-23(19-7-4-3-5-8-19)17-32-24-10-6-9-21(22)25(24)29/h6,9-10,16,18-19,23H,3-5,7-8,11-15,17H2,1-2H3/t23-/m0/s1. The second-order valence-corrected chi connectivity index (χ2v) is 10.1. The van der Waals surface area contributed by atoms with E-state index in [1.54, 1.807) is 25.6 Å². The number of rotatable bonds is 10. The molecule has 1 aliphatic heterocycles. The first kappa shape index (κ1) is 22.8. The van der Waals surface area contributed by atoms with Crippen molar-refractivity contribution in [2.24, 2.45) is 5.92 Å². The van der Waals surface area contributed by atoms with E-state index in [2.05, 4.69) is 39.2 Å². The molecule has 3 aromatic rings. The van der Waals surface area contributed by atoms with Crippen LogP contribution in [-0.2, 0) is 16.0 Å². The average molecular weight is 470 g/mol. The minimum atomic E-state index is 0.425. The number of hydrogen-bond acceptors (Lipinski definition) is 6. The predicted molar refractivity (Wildman–Crippen MR) is 133 cm³/mol. The summed E-state index contributed by atoms with van der Waals surface area (Å²) in [7, 11) is 3.49. The molecule has 0 N–H and O–H groups in total. The highest BCUT2D eigenvalue weighted by molar-refractivity contribution is 7.13. The van der Waals surface area contributed by atoms with E-state index in [-0.39, 0.29) is 0 Å². The zero-order chi connectivity index (χ0) is 22.6. The molecular formula is C26H35N3O3S. The lowest BCUT2D eigenvalue weighted by molar-refractivity contribution is 0.109. The largest absolute Gasteiger partial charge is 0.489 e. The third-order valence-corrected chi connectivity index (χ3v) is 8.09. The molecule has 33 heavy (non-hydrogen) atoms. The van der Waals surface area contributed by atoms with Crippen LogP contribution >= 0.6 is 11.3 Å². The lowest BCUT2D eigenvalue weighted by atomic mass is 9.83. The second kappa shape index (κ2) is 10.6. The van der Waals surface area contributed by atoms with Gasteiger partial charge in [-0.3, -0.25) is 4.90 Å². The fraction of sp³-hybridized carbons (Fsp3) is 0.577. The Balaban J connectivity index is 1.43. The Labute approximate surface area is 200 Å². The quantitative estimate of drug-likeness (QED) is 0.399. The van der Waals surface area contributed by atoms with E-state index in [0.29, 0.717) is 25.2 Å². The molecule has 1 aliphatic carbocycles. The Hall–Kier alpha value is -1.93. The Morgan fingerprint density at radius 2 is 1.91 bits per heavy atom. The van der Waals surface area contributed by atoms with Gasteiger partial charge in [-0.1, -0.05) is 31.4 Å². The van der Waals surface area contributed by atoms with Crippen LogP contribution in [0.4, 0.5) is 0 Å². The molecule has 1 atom stereocenters. The monoisotopic (exact) mass is 469 g/mol. The molecule has 2 aromatic heterocycles. The summed E-state index contributed by atoms with van der Waals surface area (Å²) >= 11 is 1.74.